The largest absolute Gasteiger partial charge is 0.443 e. The first-order valence-electron chi connectivity index (χ1n) is 11.1. The number of methoxy groups -OCH3 is 1. The summed E-state index contributed by atoms with van der Waals surface area (Å²) in [6.07, 6.45) is 2.25. The second-order valence-corrected chi connectivity index (χ2v) is 10.0. The van der Waals surface area contributed by atoms with Crippen LogP contribution >= 0.6 is 0 Å². The molecule has 2 saturated heterocycles. The Kier molecular flexibility index (Phi) is 6.70. The van der Waals surface area contributed by atoms with Crippen LogP contribution in [0, 0.1) is 17.8 Å². The molecule has 1 spiro atoms. The maximum absolute atomic E-state index is 12.5. The number of nitrogens with two attached hydrogens (primary N) is 1. The average Bonchev–Trinajstić information content (AvgIpc) is 3.56. The van der Waals surface area contributed by atoms with Crippen LogP contribution in [0.15, 0.2) is 0 Å². The molecule has 0 aromatic heterocycles. The van der Waals surface area contributed by atoms with Crippen molar-refractivity contribution in [2.45, 2.75) is 95.9 Å². The Labute approximate surface area is 179 Å². The molecule has 2 amide bonds. The van der Waals surface area contributed by atoms with Crippen LogP contribution in [0.4, 0.5) is 4.79 Å². The van der Waals surface area contributed by atoms with Gasteiger partial charge < -0.3 is 30.0 Å². The van der Waals surface area contributed by atoms with Gasteiger partial charge in [-0.05, 0) is 44.4 Å². The summed E-state index contributed by atoms with van der Waals surface area (Å²) in [5.41, 5.74) is 4.79. The molecule has 172 valence electrons. The van der Waals surface area contributed by atoms with Crippen molar-refractivity contribution in [2.24, 2.45) is 23.5 Å². The summed E-state index contributed by atoms with van der Waals surface area (Å²) in [5, 5.41) is 2.60. The van der Waals surface area contributed by atoms with Gasteiger partial charge in [-0.2, -0.15) is 0 Å². The van der Waals surface area contributed by atoms with Gasteiger partial charge in [-0.1, -0.05) is 27.7 Å². The van der Waals surface area contributed by atoms with Crippen molar-refractivity contribution in [1.29, 1.82) is 0 Å². The van der Waals surface area contributed by atoms with Gasteiger partial charge in [0, 0.05) is 7.11 Å². The lowest BCUT2D eigenvalue weighted by Crippen LogP contribution is -2.57. The quantitative estimate of drug-likeness (QED) is 0.547. The van der Waals surface area contributed by atoms with E-state index in [1.807, 2.05) is 13.8 Å². The molecule has 7 atom stereocenters. The number of alkyl carbamates (subject to hydrolysis) is 1. The van der Waals surface area contributed by atoms with E-state index in [9.17, 15) is 9.59 Å². The molecule has 0 radical (unpaired) electrons. The number of rotatable bonds is 9. The Morgan fingerprint density at radius 2 is 1.93 bits per heavy atom. The topological polar surface area (TPSA) is 116 Å². The number of hydrogen-bond donors (Lipinski definition) is 2. The molecular formula is C22H38N2O6. The smallest absolute Gasteiger partial charge is 0.408 e. The van der Waals surface area contributed by atoms with Gasteiger partial charge in [0.2, 0.25) is 5.91 Å². The van der Waals surface area contributed by atoms with Gasteiger partial charge in [0.15, 0.2) is 0 Å². The highest BCUT2D eigenvalue weighted by Crippen LogP contribution is 2.59. The van der Waals surface area contributed by atoms with E-state index in [4.69, 9.17) is 24.7 Å². The molecule has 0 bridgehead atoms. The molecule has 1 saturated carbocycles. The number of carbonyl (C=O) groups excluding carboxylic acids is 2. The fourth-order valence-electron chi connectivity index (χ4n) is 5.14. The van der Waals surface area contributed by atoms with Crippen LogP contribution in [0.2, 0.25) is 0 Å². The Morgan fingerprint density at radius 1 is 1.27 bits per heavy atom. The van der Waals surface area contributed by atoms with Crippen LogP contribution in [-0.2, 0) is 23.7 Å². The third-order valence-electron chi connectivity index (χ3n) is 7.01. The standard InChI is InChI=1S/C22H38N2O6/c1-12(2)7-8-15-21(5,30-15)18-17(27-6)14(9-10-22(18)11-28-22)29-20(26)24-16(13(3)4)19(23)25/h12-18H,7-11H2,1-6H3,(H2,23,25)(H,24,26)/t14-,15+,16-,17-,18-,21-,22+/m1/s1. The molecule has 3 N–H and O–H groups in total. The van der Waals surface area contributed by atoms with Crippen LogP contribution in [0.1, 0.15) is 60.3 Å². The molecular weight excluding hydrogens is 388 g/mol. The normalized spacial score (nSPS) is 38.5. The van der Waals surface area contributed by atoms with Crippen LogP contribution in [0.25, 0.3) is 0 Å². The number of epoxide rings is 2. The van der Waals surface area contributed by atoms with Gasteiger partial charge >= 0.3 is 6.09 Å². The molecule has 0 aromatic rings. The minimum absolute atomic E-state index is 0.0178. The molecule has 2 heterocycles. The lowest BCUT2D eigenvalue weighted by atomic mass is 9.68. The van der Waals surface area contributed by atoms with Crippen molar-refractivity contribution >= 4 is 12.0 Å². The maximum atomic E-state index is 12.5. The molecule has 0 aromatic carbocycles. The minimum atomic E-state index is -0.777. The van der Waals surface area contributed by atoms with E-state index >= 15 is 0 Å². The van der Waals surface area contributed by atoms with E-state index in [0.717, 1.165) is 19.3 Å². The predicted molar refractivity (Wildman–Crippen MR) is 111 cm³/mol. The Bertz CT molecular complexity index is 650. The van der Waals surface area contributed by atoms with Crippen molar-refractivity contribution in [1.82, 2.24) is 5.32 Å². The SMILES string of the molecule is CO[C@@H]1[C@H](OC(=O)N[C@@H](C(N)=O)C(C)C)CC[C@]2(CO2)[C@H]1[C@]1(C)O[C@H]1CCC(C)C. The number of nitrogens with one attached hydrogen (secondary N) is 1. The van der Waals surface area contributed by atoms with E-state index in [-0.39, 0.29) is 35.2 Å². The van der Waals surface area contributed by atoms with Crippen molar-refractivity contribution in [2.75, 3.05) is 13.7 Å². The van der Waals surface area contributed by atoms with E-state index in [2.05, 4.69) is 26.1 Å². The summed E-state index contributed by atoms with van der Waals surface area (Å²) in [7, 11) is 1.64. The lowest BCUT2D eigenvalue weighted by Gasteiger charge is -2.42. The summed E-state index contributed by atoms with van der Waals surface area (Å²) >= 11 is 0. The van der Waals surface area contributed by atoms with E-state index in [1.165, 1.54) is 0 Å². The first kappa shape index (κ1) is 23.3. The molecule has 30 heavy (non-hydrogen) atoms. The third kappa shape index (κ3) is 4.60. The highest BCUT2D eigenvalue weighted by atomic mass is 16.6. The third-order valence-corrected chi connectivity index (χ3v) is 7.01. The van der Waals surface area contributed by atoms with Gasteiger partial charge in [-0.3, -0.25) is 4.79 Å². The molecule has 0 unspecified atom stereocenters. The molecule has 1 aliphatic carbocycles. The summed E-state index contributed by atoms with van der Waals surface area (Å²) in [6, 6.07) is -0.777. The van der Waals surface area contributed by atoms with E-state index < -0.39 is 24.1 Å². The Morgan fingerprint density at radius 3 is 2.43 bits per heavy atom. The minimum Gasteiger partial charge on any atom is -0.443 e. The van der Waals surface area contributed by atoms with E-state index in [1.54, 1.807) is 7.11 Å². The van der Waals surface area contributed by atoms with Crippen LogP contribution in [-0.4, -0.2) is 61.3 Å². The zero-order valence-electron chi connectivity index (χ0n) is 19.1. The molecule has 2 aliphatic heterocycles. The predicted octanol–water partition coefficient (Wildman–Crippen LogP) is 2.38. The number of amides is 2. The molecule has 3 fully saturated rings. The number of carbonyl (C=O) groups is 2. The maximum Gasteiger partial charge on any atom is 0.408 e. The lowest BCUT2D eigenvalue weighted by molar-refractivity contribution is -0.123. The Hall–Kier alpha value is -1.38. The molecule has 8 heteroatoms. The number of primary amides is 1. The first-order chi connectivity index (χ1) is 14.0. The summed E-state index contributed by atoms with van der Waals surface area (Å²) in [5.74, 6) is -0.108. The monoisotopic (exact) mass is 426 g/mol. The first-order valence-corrected chi connectivity index (χ1v) is 11.1. The van der Waals surface area contributed by atoms with Gasteiger partial charge in [-0.15, -0.1) is 0 Å². The molecule has 3 aliphatic rings. The van der Waals surface area contributed by atoms with Crippen LogP contribution < -0.4 is 11.1 Å². The second kappa shape index (κ2) is 8.63. The van der Waals surface area contributed by atoms with E-state index in [0.29, 0.717) is 18.9 Å². The van der Waals surface area contributed by atoms with Gasteiger partial charge in [0.1, 0.15) is 29.5 Å². The number of hydrogen-bond acceptors (Lipinski definition) is 6. The number of ether oxygens (including phenoxy) is 4. The summed E-state index contributed by atoms with van der Waals surface area (Å²) in [4.78, 5) is 24.1. The van der Waals surface area contributed by atoms with Gasteiger partial charge in [0.25, 0.3) is 0 Å². The van der Waals surface area contributed by atoms with Crippen LogP contribution in [0.5, 0.6) is 0 Å². The molecule has 8 nitrogen and oxygen atoms in total. The van der Waals surface area contributed by atoms with Crippen LogP contribution in [0.3, 0.4) is 0 Å². The average molecular weight is 427 g/mol. The van der Waals surface area contributed by atoms with Crippen molar-refractivity contribution in [3.8, 4) is 0 Å². The highest BCUT2D eigenvalue weighted by molar-refractivity contribution is 5.84. The second-order valence-electron chi connectivity index (χ2n) is 10.0. The van der Waals surface area contributed by atoms with Gasteiger partial charge in [0.05, 0.1) is 18.6 Å². The fourth-order valence-corrected chi connectivity index (χ4v) is 5.14. The van der Waals surface area contributed by atoms with Crippen molar-refractivity contribution in [3.63, 3.8) is 0 Å². The van der Waals surface area contributed by atoms with Crippen molar-refractivity contribution in [3.05, 3.63) is 0 Å². The zero-order valence-corrected chi connectivity index (χ0v) is 19.1. The summed E-state index contributed by atoms with van der Waals surface area (Å²) < 4.78 is 23.7. The zero-order chi connectivity index (χ0) is 22.3. The summed E-state index contributed by atoms with van der Waals surface area (Å²) in [6.45, 7) is 10.9. The molecule has 3 rings (SSSR count). The van der Waals surface area contributed by atoms with Crippen molar-refractivity contribution < 1.29 is 28.5 Å². The fraction of sp³-hybridized carbons (Fsp3) is 0.909. The highest BCUT2D eigenvalue weighted by Gasteiger charge is 2.72. The van der Waals surface area contributed by atoms with Gasteiger partial charge in [-0.25, -0.2) is 4.79 Å². The Balaban J connectivity index is 1.69.